The Hall–Kier alpha value is -1.44. The molecule has 2 N–H and O–H groups in total. The molecule has 20 heavy (non-hydrogen) atoms. The van der Waals surface area contributed by atoms with Crippen molar-refractivity contribution >= 4 is 33.0 Å². The number of nitrogens with zero attached hydrogens (tertiary/aromatic N) is 1. The molecular weight excluding hydrogens is 344 g/mol. The van der Waals surface area contributed by atoms with Crippen molar-refractivity contribution in [3.05, 3.63) is 38.3 Å². The van der Waals surface area contributed by atoms with Gasteiger partial charge in [-0.25, -0.2) is 4.98 Å². The number of benzene rings is 1. The van der Waals surface area contributed by atoms with E-state index in [1.165, 1.54) is 18.4 Å². The number of carbonyl (C=O) groups excluding carboxylic acids is 1. The molecule has 0 amide bonds. The number of nitrogens with two attached hydrogens (primary N) is 1. The Balaban J connectivity index is 2.46. The van der Waals surface area contributed by atoms with Gasteiger partial charge in [-0.3, -0.25) is 4.79 Å². The van der Waals surface area contributed by atoms with Gasteiger partial charge in [-0.15, -0.1) is 11.3 Å². The fraction of sp³-hybridized carbons (Fsp3) is 0.231. The Labute approximate surface area is 128 Å². The summed E-state index contributed by atoms with van der Waals surface area (Å²) in [5.41, 5.74) is 6.30. The van der Waals surface area contributed by atoms with Crippen molar-refractivity contribution in [3.63, 3.8) is 0 Å². The molecule has 0 aliphatic rings. The van der Waals surface area contributed by atoms with Gasteiger partial charge in [-0.05, 0) is 28.1 Å². The number of aromatic nitrogens is 1. The quantitative estimate of drug-likeness (QED) is 0.833. The Morgan fingerprint density at radius 1 is 1.40 bits per heavy atom. The number of hydrogen-bond donors (Lipinski definition) is 1. The minimum absolute atomic E-state index is 0.207. The maximum Gasteiger partial charge on any atom is 0.215 e. The molecule has 1 heterocycles. The van der Waals surface area contributed by atoms with Crippen molar-refractivity contribution < 1.29 is 14.3 Å². The lowest BCUT2D eigenvalue weighted by atomic mass is 10.1. The Morgan fingerprint density at radius 3 is 2.70 bits per heavy atom. The van der Waals surface area contributed by atoms with Crippen LogP contribution in [0.15, 0.2) is 22.0 Å². The highest BCUT2D eigenvalue weighted by Crippen LogP contribution is 2.38. The van der Waals surface area contributed by atoms with Gasteiger partial charge in [0.15, 0.2) is 0 Å². The average Bonchev–Trinajstić information content (AvgIpc) is 2.95. The molecule has 1 aromatic carbocycles. The Morgan fingerprint density at radius 2 is 2.15 bits per heavy atom. The van der Waals surface area contributed by atoms with Crippen molar-refractivity contribution in [1.82, 2.24) is 4.98 Å². The van der Waals surface area contributed by atoms with E-state index >= 15 is 0 Å². The van der Waals surface area contributed by atoms with E-state index < -0.39 is 0 Å². The largest absolute Gasteiger partial charge is 0.495 e. The molecule has 0 saturated heterocycles. The molecule has 106 valence electrons. The van der Waals surface area contributed by atoms with Crippen LogP contribution in [0.1, 0.15) is 21.1 Å². The van der Waals surface area contributed by atoms with E-state index in [0.717, 1.165) is 5.01 Å². The summed E-state index contributed by atoms with van der Waals surface area (Å²) >= 11 is 4.74. The van der Waals surface area contributed by atoms with Crippen LogP contribution in [-0.2, 0) is 6.54 Å². The van der Waals surface area contributed by atoms with E-state index in [-0.39, 0.29) is 5.78 Å². The summed E-state index contributed by atoms with van der Waals surface area (Å²) in [4.78, 5) is 16.7. The fourth-order valence-corrected chi connectivity index (χ4v) is 3.05. The summed E-state index contributed by atoms with van der Waals surface area (Å²) in [5.74, 6) is 0.817. The third-order valence-corrected chi connectivity index (χ3v) is 4.31. The molecule has 0 bridgehead atoms. The van der Waals surface area contributed by atoms with Gasteiger partial charge < -0.3 is 15.2 Å². The normalized spacial score (nSPS) is 10.4. The highest BCUT2D eigenvalue weighted by Gasteiger charge is 2.21. The topological polar surface area (TPSA) is 74.4 Å². The van der Waals surface area contributed by atoms with Crippen LogP contribution >= 0.6 is 27.3 Å². The van der Waals surface area contributed by atoms with Gasteiger partial charge in [0.25, 0.3) is 0 Å². The molecule has 1 aromatic heterocycles. The second-order valence-corrected chi connectivity index (χ2v) is 5.56. The number of rotatable bonds is 5. The zero-order chi connectivity index (χ0) is 14.7. The summed E-state index contributed by atoms with van der Waals surface area (Å²) in [5, 5.41) is 2.42. The second-order valence-electron chi connectivity index (χ2n) is 3.82. The summed E-state index contributed by atoms with van der Waals surface area (Å²) < 4.78 is 11.1. The van der Waals surface area contributed by atoms with Crippen molar-refractivity contribution in [2.24, 2.45) is 5.73 Å². The summed E-state index contributed by atoms with van der Waals surface area (Å²) in [7, 11) is 3.05. The first-order valence-electron chi connectivity index (χ1n) is 5.72. The predicted octanol–water partition coefficient (Wildman–Crippen LogP) is 2.61. The van der Waals surface area contributed by atoms with Crippen molar-refractivity contribution in [1.29, 1.82) is 0 Å². The minimum atomic E-state index is -0.207. The highest BCUT2D eigenvalue weighted by atomic mass is 79.9. The zero-order valence-corrected chi connectivity index (χ0v) is 13.4. The van der Waals surface area contributed by atoms with Gasteiger partial charge in [0.05, 0.1) is 19.8 Å². The Bertz CT molecular complexity index is 643. The molecule has 0 spiro atoms. The molecule has 0 saturated carbocycles. The standard InChI is InChI=1S/C13H13BrN2O3S/c1-18-9-4-3-7(13(19-2)11(9)14)12(17)8-6-20-10(5-15)16-8/h3-4,6H,5,15H2,1-2H3. The molecule has 2 rings (SSSR count). The number of thiazole rings is 1. The number of methoxy groups -OCH3 is 2. The maximum absolute atomic E-state index is 12.5. The number of hydrogen-bond acceptors (Lipinski definition) is 6. The first-order valence-corrected chi connectivity index (χ1v) is 7.39. The van der Waals surface area contributed by atoms with Crippen LogP contribution in [0.4, 0.5) is 0 Å². The SMILES string of the molecule is COc1ccc(C(=O)c2csc(CN)n2)c(OC)c1Br. The van der Waals surface area contributed by atoms with Crippen LogP contribution in [0, 0.1) is 0 Å². The van der Waals surface area contributed by atoms with Gasteiger partial charge in [0.2, 0.25) is 5.78 Å². The van der Waals surface area contributed by atoms with Gasteiger partial charge in [0.1, 0.15) is 26.7 Å². The summed E-state index contributed by atoms with van der Waals surface area (Å²) in [6.45, 7) is 0.321. The van der Waals surface area contributed by atoms with Crippen LogP contribution in [0.5, 0.6) is 11.5 Å². The van der Waals surface area contributed by atoms with E-state index in [4.69, 9.17) is 15.2 Å². The first kappa shape index (κ1) is 15.0. The summed E-state index contributed by atoms with van der Waals surface area (Å²) in [6, 6.07) is 3.36. The highest BCUT2D eigenvalue weighted by molar-refractivity contribution is 9.10. The lowest BCUT2D eigenvalue weighted by Crippen LogP contribution is -2.06. The molecule has 5 nitrogen and oxygen atoms in total. The van der Waals surface area contributed by atoms with Crippen LogP contribution in [0.25, 0.3) is 0 Å². The van der Waals surface area contributed by atoms with E-state index in [1.807, 2.05) is 0 Å². The molecule has 7 heteroatoms. The number of ketones is 1. The van der Waals surface area contributed by atoms with Crippen molar-refractivity contribution in [3.8, 4) is 11.5 Å². The lowest BCUT2D eigenvalue weighted by molar-refractivity contribution is 0.103. The molecule has 0 radical (unpaired) electrons. The Kier molecular flexibility index (Phi) is 4.74. The average molecular weight is 357 g/mol. The lowest BCUT2D eigenvalue weighted by Gasteiger charge is -2.11. The zero-order valence-electron chi connectivity index (χ0n) is 11.0. The first-order chi connectivity index (χ1) is 9.62. The number of carbonyl (C=O) groups is 1. The molecule has 2 aromatic rings. The molecule has 0 aliphatic heterocycles. The van der Waals surface area contributed by atoms with Crippen LogP contribution in [-0.4, -0.2) is 25.0 Å². The fourth-order valence-electron chi connectivity index (χ4n) is 1.72. The van der Waals surface area contributed by atoms with Gasteiger partial charge in [0, 0.05) is 11.9 Å². The van der Waals surface area contributed by atoms with Crippen molar-refractivity contribution in [2.75, 3.05) is 14.2 Å². The second kappa shape index (κ2) is 6.34. The van der Waals surface area contributed by atoms with Crippen molar-refractivity contribution in [2.45, 2.75) is 6.54 Å². The summed E-state index contributed by atoms with van der Waals surface area (Å²) in [6.07, 6.45) is 0. The molecule has 0 aliphatic carbocycles. The van der Waals surface area contributed by atoms with Gasteiger partial charge >= 0.3 is 0 Å². The van der Waals surface area contributed by atoms with E-state index in [0.29, 0.717) is 33.8 Å². The van der Waals surface area contributed by atoms with Crippen LogP contribution < -0.4 is 15.2 Å². The van der Waals surface area contributed by atoms with E-state index in [1.54, 1.807) is 24.6 Å². The third kappa shape index (κ3) is 2.70. The van der Waals surface area contributed by atoms with Crippen LogP contribution in [0.3, 0.4) is 0 Å². The predicted molar refractivity (Wildman–Crippen MR) is 80.7 cm³/mol. The number of halogens is 1. The van der Waals surface area contributed by atoms with Gasteiger partial charge in [-0.1, -0.05) is 0 Å². The molecule has 0 fully saturated rings. The maximum atomic E-state index is 12.5. The molecular formula is C13H13BrN2O3S. The third-order valence-electron chi connectivity index (χ3n) is 2.69. The van der Waals surface area contributed by atoms with Crippen LogP contribution in [0.2, 0.25) is 0 Å². The van der Waals surface area contributed by atoms with E-state index in [9.17, 15) is 4.79 Å². The minimum Gasteiger partial charge on any atom is -0.495 e. The van der Waals surface area contributed by atoms with E-state index in [2.05, 4.69) is 20.9 Å². The monoisotopic (exact) mass is 356 g/mol. The number of ether oxygens (including phenoxy) is 2. The molecule has 0 atom stereocenters. The smallest absolute Gasteiger partial charge is 0.215 e. The van der Waals surface area contributed by atoms with Gasteiger partial charge in [-0.2, -0.15) is 0 Å². The molecule has 0 unspecified atom stereocenters.